The van der Waals surface area contributed by atoms with Gasteiger partial charge in [-0.1, -0.05) is 55.5 Å². The highest BCUT2D eigenvalue weighted by Gasteiger charge is 2.12. The van der Waals surface area contributed by atoms with Crippen LogP contribution in [-0.4, -0.2) is 23.5 Å². The summed E-state index contributed by atoms with van der Waals surface area (Å²) >= 11 is 1.49. The predicted octanol–water partition coefficient (Wildman–Crippen LogP) is 4.08. The smallest absolute Gasteiger partial charge is 0.312 e. The van der Waals surface area contributed by atoms with Crippen molar-refractivity contribution in [1.82, 2.24) is 10.3 Å². The first-order valence-corrected chi connectivity index (χ1v) is 10.4. The summed E-state index contributed by atoms with van der Waals surface area (Å²) in [6.07, 6.45) is 1.04. The molecule has 1 N–H and O–H groups in total. The van der Waals surface area contributed by atoms with E-state index in [0.29, 0.717) is 12.2 Å². The van der Waals surface area contributed by atoms with E-state index in [1.54, 1.807) is 0 Å². The van der Waals surface area contributed by atoms with Crippen LogP contribution in [0, 0.1) is 6.92 Å². The molecule has 0 atom stereocenters. The van der Waals surface area contributed by atoms with Crippen molar-refractivity contribution in [3.05, 3.63) is 76.3 Å². The van der Waals surface area contributed by atoms with Crippen molar-refractivity contribution in [3.63, 3.8) is 0 Å². The number of hydrogen-bond acceptors (Lipinski definition) is 5. The van der Waals surface area contributed by atoms with E-state index in [1.807, 2.05) is 48.7 Å². The number of benzene rings is 2. The minimum Gasteiger partial charge on any atom is -0.455 e. The average Bonchev–Trinajstić information content (AvgIpc) is 3.20. The van der Waals surface area contributed by atoms with Crippen LogP contribution in [0.5, 0.6) is 0 Å². The van der Waals surface area contributed by atoms with E-state index < -0.39 is 5.97 Å². The van der Waals surface area contributed by atoms with Crippen molar-refractivity contribution in [2.24, 2.45) is 0 Å². The Morgan fingerprint density at radius 2 is 1.86 bits per heavy atom. The SMILES string of the molecule is CCc1ccc(-c2nc(CC(=O)OCC(=O)NCc3ccccc3C)cs2)cc1. The Morgan fingerprint density at radius 1 is 1.10 bits per heavy atom. The minimum atomic E-state index is -0.464. The van der Waals surface area contributed by atoms with Gasteiger partial charge in [-0.3, -0.25) is 9.59 Å². The van der Waals surface area contributed by atoms with E-state index in [2.05, 4.69) is 29.4 Å². The number of esters is 1. The Morgan fingerprint density at radius 3 is 2.59 bits per heavy atom. The van der Waals surface area contributed by atoms with Crippen LogP contribution in [0.15, 0.2) is 53.9 Å². The Kier molecular flexibility index (Phi) is 7.14. The Hall–Kier alpha value is -2.99. The molecule has 2 aromatic carbocycles. The van der Waals surface area contributed by atoms with Crippen LogP contribution < -0.4 is 5.32 Å². The third-order valence-corrected chi connectivity index (χ3v) is 5.53. The molecule has 3 aromatic rings. The first kappa shape index (κ1) is 20.7. The fraction of sp³-hybridized carbons (Fsp3) is 0.261. The van der Waals surface area contributed by atoms with Crippen LogP contribution in [-0.2, 0) is 33.7 Å². The number of rotatable bonds is 8. The second kappa shape index (κ2) is 9.98. The number of nitrogens with zero attached hydrogens (tertiary/aromatic N) is 1. The summed E-state index contributed by atoms with van der Waals surface area (Å²) in [6, 6.07) is 16.1. The molecule has 0 aliphatic carbocycles. The van der Waals surface area contributed by atoms with Gasteiger partial charge in [0.05, 0.1) is 12.1 Å². The van der Waals surface area contributed by atoms with Gasteiger partial charge in [-0.2, -0.15) is 0 Å². The summed E-state index contributed by atoms with van der Waals surface area (Å²) in [4.78, 5) is 28.5. The van der Waals surface area contributed by atoms with Gasteiger partial charge >= 0.3 is 5.97 Å². The number of aromatic nitrogens is 1. The third-order valence-electron chi connectivity index (χ3n) is 4.59. The largest absolute Gasteiger partial charge is 0.455 e. The molecule has 0 fully saturated rings. The summed E-state index contributed by atoms with van der Waals surface area (Å²) in [7, 11) is 0. The lowest BCUT2D eigenvalue weighted by Crippen LogP contribution is -2.28. The molecule has 0 spiro atoms. The van der Waals surface area contributed by atoms with E-state index in [0.717, 1.165) is 28.1 Å². The summed E-state index contributed by atoms with van der Waals surface area (Å²) in [5.74, 6) is -0.786. The molecule has 0 saturated carbocycles. The summed E-state index contributed by atoms with van der Waals surface area (Å²) in [5.41, 5.74) is 5.09. The van der Waals surface area contributed by atoms with E-state index in [1.165, 1.54) is 16.9 Å². The van der Waals surface area contributed by atoms with Gasteiger partial charge in [-0.15, -0.1) is 11.3 Å². The van der Waals surface area contributed by atoms with Crippen LogP contribution in [0.1, 0.15) is 29.3 Å². The van der Waals surface area contributed by atoms with E-state index in [-0.39, 0.29) is 18.9 Å². The Balaban J connectivity index is 1.45. The van der Waals surface area contributed by atoms with E-state index in [9.17, 15) is 9.59 Å². The van der Waals surface area contributed by atoms with Crippen LogP contribution in [0.4, 0.5) is 0 Å². The maximum atomic E-state index is 12.0. The number of thiazole rings is 1. The van der Waals surface area contributed by atoms with Crippen LogP contribution in [0.3, 0.4) is 0 Å². The van der Waals surface area contributed by atoms with Crippen molar-refractivity contribution in [2.45, 2.75) is 33.2 Å². The topological polar surface area (TPSA) is 68.3 Å². The molecule has 5 nitrogen and oxygen atoms in total. The van der Waals surface area contributed by atoms with Crippen molar-refractivity contribution in [1.29, 1.82) is 0 Å². The third kappa shape index (κ3) is 5.99. The Labute approximate surface area is 174 Å². The Bertz CT molecular complexity index is 980. The van der Waals surface area contributed by atoms with Gasteiger partial charge in [-0.05, 0) is 30.0 Å². The van der Waals surface area contributed by atoms with Gasteiger partial charge in [0.2, 0.25) is 0 Å². The van der Waals surface area contributed by atoms with Crippen molar-refractivity contribution >= 4 is 23.2 Å². The number of aryl methyl sites for hydroxylation is 2. The lowest BCUT2D eigenvalue weighted by molar-refractivity contribution is -0.147. The number of ether oxygens (including phenoxy) is 1. The van der Waals surface area contributed by atoms with Gasteiger partial charge in [0, 0.05) is 17.5 Å². The summed E-state index contributed by atoms with van der Waals surface area (Å²) in [5, 5.41) is 5.48. The molecule has 0 bridgehead atoms. The van der Waals surface area contributed by atoms with Gasteiger partial charge in [0.1, 0.15) is 5.01 Å². The fourth-order valence-electron chi connectivity index (χ4n) is 2.80. The summed E-state index contributed by atoms with van der Waals surface area (Å²) in [6.45, 7) is 4.22. The zero-order valence-electron chi connectivity index (χ0n) is 16.6. The fourth-order valence-corrected chi connectivity index (χ4v) is 3.63. The molecular weight excluding hydrogens is 384 g/mol. The monoisotopic (exact) mass is 408 g/mol. The standard InChI is InChI=1S/C23H24N2O3S/c1-3-17-8-10-18(11-9-17)23-25-20(15-29-23)12-22(27)28-14-21(26)24-13-19-7-5-4-6-16(19)2/h4-11,15H,3,12-14H2,1-2H3,(H,24,26). The molecule has 0 aliphatic rings. The minimum absolute atomic E-state index is 0.0502. The molecule has 0 radical (unpaired) electrons. The number of nitrogens with one attached hydrogen (secondary N) is 1. The lowest BCUT2D eigenvalue weighted by atomic mass is 10.1. The molecule has 150 valence electrons. The zero-order valence-corrected chi connectivity index (χ0v) is 17.4. The number of amides is 1. The highest BCUT2D eigenvalue weighted by atomic mass is 32.1. The van der Waals surface area contributed by atoms with Crippen molar-refractivity contribution < 1.29 is 14.3 Å². The van der Waals surface area contributed by atoms with Gasteiger partial charge in [0.15, 0.2) is 6.61 Å². The number of hydrogen-bond donors (Lipinski definition) is 1. The number of carbonyl (C=O) groups excluding carboxylic acids is 2. The lowest BCUT2D eigenvalue weighted by Gasteiger charge is -2.08. The molecule has 0 unspecified atom stereocenters. The molecular formula is C23H24N2O3S. The molecule has 1 amide bonds. The molecule has 0 aliphatic heterocycles. The first-order valence-electron chi connectivity index (χ1n) is 9.55. The molecule has 29 heavy (non-hydrogen) atoms. The average molecular weight is 409 g/mol. The second-order valence-corrected chi connectivity index (χ2v) is 7.59. The van der Waals surface area contributed by atoms with Gasteiger partial charge in [-0.25, -0.2) is 4.98 Å². The zero-order chi connectivity index (χ0) is 20.6. The molecule has 6 heteroatoms. The second-order valence-electron chi connectivity index (χ2n) is 6.74. The van der Waals surface area contributed by atoms with Crippen molar-refractivity contribution in [2.75, 3.05) is 6.61 Å². The molecule has 3 rings (SSSR count). The van der Waals surface area contributed by atoms with Crippen LogP contribution >= 0.6 is 11.3 Å². The highest BCUT2D eigenvalue weighted by Crippen LogP contribution is 2.24. The highest BCUT2D eigenvalue weighted by molar-refractivity contribution is 7.13. The van der Waals surface area contributed by atoms with Crippen molar-refractivity contribution in [3.8, 4) is 10.6 Å². The predicted molar refractivity (Wildman–Crippen MR) is 115 cm³/mol. The summed E-state index contributed by atoms with van der Waals surface area (Å²) < 4.78 is 5.09. The van der Waals surface area contributed by atoms with Crippen LogP contribution in [0.2, 0.25) is 0 Å². The van der Waals surface area contributed by atoms with Gasteiger partial charge < -0.3 is 10.1 Å². The molecule has 1 heterocycles. The van der Waals surface area contributed by atoms with E-state index >= 15 is 0 Å². The van der Waals surface area contributed by atoms with Crippen LogP contribution in [0.25, 0.3) is 10.6 Å². The first-order chi connectivity index (χ1) is 14.0. The quantitative estimate of drug-likeness (QED) is 0.570. The van der Waals surface area contributed by atoms with E-state index in [4.69, 9.17) is 4.74 Å². The molecule has 1 aromatic heterocycles. The van der Waals surface area contributed by atoms with Gasteiger partial charge in [0.25, 0.3) is 5.91 Å². The maximum absolute atomic E-state index is 12.0. The normalized spacial score (nSPS) is 10.6. The maximum Gasteiger partial charge on any atom is 0.312 e. The molecule has 0 saturated heterocycles. The number of carbonyl (C=O) groups is 2.